The first-order valence-electron chi connectivity index (χ1n) is 9.38. The Labute approximate surface area is 170 Å². The van der Waals surface area contributed by atoms with E-state index >= 15 is 0 Å². The lowest BCUT2D eigenvalue weighted by Gasteiger charge is -2.15. The molecule has 1 aromatic carbocycles. The predicted molar refractivity (Wildman–Crippen MR) is 117 cm³/mol. The molecule has 4 nitrogen and oxygen atoms in total. The van der Waals surface area contributed by atoms with Crippen LogP contribution in [-0.4, -0.2) is 18.2 Å². The third kappa shape index (κ3) is 4.50. The van der Waals surface area contributed by atoms with Crippen molar-refractivity contribution in [2.75, 3.05) is 17.7 Å². The molecule has 27 heavy (non-hydrogen) atoms. The quantitative estimate of drug-likeness (QED) is 0.515. The Kier molecular flexibility index (Phi) is 6.50. The molecule has 1 aliphatic rings. The summed E-state index contributed by atoms with van der Waals surface area (Å²) in [7, 11) is 1.44. The van der Waals surface area contributed by atoms with Crippen LogP contribution >= 0.6 is 23.6 Å². The van der Waals surface area contributed by atoms with E-state index in [1.807, 2.05) is 6.07 Å². The molecule has 0 saturated heterocycles. The number of hydrogen-bond acceptors (Lipinski definition) is 4. The Morgan fingerprint density at radius 1 is 1.07 bits per heavy atom. The highest BCUT2D eigenvalue weighted by atomic mass is 32.1. The molecule has 0 bridgehead atoms. The molecule has 144 valence electrons. The van der Waals surface area contributed by atoms with E-state index in [4.69, 9.17) is 17.0 Å². The van der Waals surface area contributed by atoms with Gasteiger partial charge in [0.15, 0.2) is 5.11 Å². The van der Waals surface area contributed by atoms with E-state index in [1.165, 1.54) is 31.2 Å². The smallest absolute Gasteiger partial charge is 0.341 e. The fraction of sp³-hybridized carbons (Fsp3) is 0.429. The molecule has 2 N–H and O–H groups in total. The average molecular weight is 403 g/mol. The van der Waals surface area contributed by atoms with Crippen LogP contribution in [0.15, 0.2) is 18.2 Å². The number of hydrogen-bond donors (Lipinski definition) is 2. The molecular weight excluding hydrogens is 376 g/mol. The Hall–Kier alpha value is -1.92. The van der Waals surface area contributed by atoms with Gasteiger partial charge in [-0.3, -0.25) is 0 Å². The van der Waals surface area contributed by atoms with E-state index in [-0.39, 0.29) is 5.97 Å². The lowest BCUT2D eigenvalue weighted by atomic mass is 9.96. The van der Waals surface area contributed by atoms with Gasteiger partial charge in [0.1, 0.15) is 5.00 Å². The maximum Gasteiger partial charge on any atom is 0.341 e. The zero-order valence-corrected chi connectivity index (χ0v) is 17.7. The van der Waals surface area contributed by atoms with Crippen LogP contribution < -0.4 is 10.6 Å². The number of anilines is 2. The fourth-order valence-electron chi connectivity index (χ4n) is 3.59. The zero-order chi connectivity index (χ0) is 19.4. The third-order valence-corrected chi connectivity index (χ3v) is 6.42. The summed E-state index contributed by atoms with van der Waals surface area (Å²) < 4.78 is 5.08. The van der Waals surface area contributed by atoms with Crippen molar-refractivity contribution in [2.24, 2.45) is 0 Å². The van der Waals surface area contributed by atoms with Gasteiger partial charge in [0.25, 0.3) is 0 Å². The Morgan fingerprint density at radius 2 is 1.74 bits per heavy atom. The molecule has 0 saturated carbocycles. The van der Waals surface area contributed by atoms with Crippen molar-refractivity contribution in [3.8, 4) is 0 Å². The van der Waals surface area contributed by atoms with Crippen LogP contribution in [0, 0.1) is 13.8 Å². The molecule has 0 atom stereocenters. The largest absolute Gasteiger partial charge is 0.465 e. The minimum atomic E-state index is -0.287. The van der Waals surface area contributed by atoms with E-state index in [9.17, 15) is 4.79 Å². The van der Waals surface area contributed by atoms with Crippen LogP contribution in [-0.2, 0) is 17.6 Å². The maximum absolute atomic E-state index is 12.5. The van der Waals surface area contributed by atoms with E-state index in [1.54, 1.807) is 11.3 Å². The van der Waals surface area contributed by atoms with Gasteiger partial charge in [0.2, 0.25) is 0 Å². The van der Waals surface area contributed by atoms with Gasteiger partial charge in [-0.2, -0.15) is 0 Å². The predicted octanol–water partition coefficient (Wildman–Crippen LogP) is 5.62. The van der Waals surface area contributed by atoms with E-state index in [0.29, 0.717) is 10.7 Å². The molecule has 0 spiro atoms. The molecule has 6 heteroatoms. The number of carbonyl (C=O) groups is 1. The third-order valence-electron chi connectivity index (χ3n) is 5.01. The zero-order valence-electron chi connectivity index (χ0n) is 16.1. The fourth-order valence-corrected chi connectivity index (χ4v) is 5.14. The van der Waals surface area contributed by atoms with Gasteiger partial charge >= 0.3 is 5.97 Å². The van der Waals surface area contributed by atoms with Crippen LogP contribution in [0.2, 0.25) is 0 Å². The standard InChI is InChI=1S/C21H26N2O2S2/c1-13-9-8-10-14(2)18(13)22-21(26)23-19-17(20(24)25-3)15-11-6-4-5-7-12-16(15)27-19/h8-10H,4-7,11-12H2,1-3H3,(H2,22,23,26). The van der Waals surface area contributed by atoms with Gasteiger partial charge in [-0.1, -0.05) is 31.0 Å². The van der Waals surface area contributed by atoms with Gasteiger partial charge in [0, 0.05) is 10.6 Å². The molecule has 0 unspecified atom stereocenters. The number of fused-ring (bicyclic) bond motifs is 1. The van der Waals surface area contributed by atoms with Crippen molar-refractivity contribution in [3.05, 3.63) is 45.3 Å². The van der Waals surface area contributed by atoms with Crippen molar-refractivity contribution in [1.29, 1.82) is 0 Å². The minimum Gasteiger partial charge on any atom is -0.465 e. The Morgan fingerprint density at radius 3 is 2.41 bits per heavy atom. The summed E-state index contributed by atoms with van der Waals surface area (Å²) in [5.74, 6) is -0.287. The Bertz CT molecular complexity index is 838. The normalized spacial score (nSPS) is 13.9. The SMILES string of the molecule is COC(=O)c1c(NC(=S)Nc2c(C)cccc2C)sc2c1CCCCCC2. The van der Waals surface area contributed by atoms with Crippen molar-refractivity contribution >= 4 is 45.3 Å². The summed E-state index contributed by atoms with van der Waals surface area (Å²) in [5, 5.41) is 7.84. The topological polar surface area (TPSA) is 50.4 Å². The first-order valence-corrected chi connectivity index (χ1v) is 10.6. The minimum absolute atomic E-state index is 0.287. The first kappa shape index (κ1) is 19.8. The summed E-state index contributed by atoms with van der Waals surface area (Å²) in [5.41, 5.74) is 5.06. The average Bonchev–Trinajstić information content (AvgIpc) is 2.94. The number of benzene rings is 1. The number of para-hydroxylation sites is 1. The van der Waals surface area contributed by atoms with Crippen LogP contribution in [0.4, 0.5) is 10.7 Å². The molecule has 1 aromatic heterocycles. The van der Waals surface area contributed by atoms with E-state index in [2.05, 4.69) is 36.6 Å². The number of thiocarbonyl (C=S) groups is 1. The molecule has 3 rings (SSSR count). The maximum atomic E-state index is 12.5. The van der Waals surface area contributed by atoms with Crippen LogP contribution in [0.1, 0.15) is 57.6 Å². The second-order valence-corrected chi connectivity index (χ2v) is 8.47. The summed E-state index contributed by atoms with van der Waals surface area (Å²) >= 11 is 7.18. The first-order chi connectivity index (χ1) is 13.0. The summed E-state index contributed by atoms with van der Waals surface area (Å²) in [6.45, 7) is 4.10. The number of aryl methyl sites for hydroxylation is 3. The molecule has 0 fully saturated rings. The molecule has 0 amide bonds. The molecule has 1 heterocycles. The van der Waals surface area contributed by atoms with Crippen LogP contribution in [0.3, 0.4) is 0 Å². The Balaban J connectivity index is 1.88. The lowest BCUT2D eigenvalue weighted by molar-refractivity contribution is 0.0601. The van der Waals surface area contributed by atoms with Crippen LogP contribution in [0.25, 0.3) is 0 Å². The van der Waals surface area contributed by atoms with E-state index < -0.39 is 0 Å². The number of carbonyl (C=O) groups excluding carboxylic acids is 1. The van der Waals surface area contributed by atoms with Crippen molar-refractivity contribution in [2.45, 2.75) is 52.4 Å². The highest BCUT2D eigenvalue weighted by Gasteiger charge is 2.25. The van der Waals surface area contributed by atoms with E-state index in [0.717, 1.165) is 46.6 Å². The van der Waals surface area contributed by atoms with Gasteiger partial charge in [-0.25, -0.2) is 4.79 Å². The number of rotatable bonds is 3. The highest BCUT2D eigenvalue weighted by molar-refractivity contribution is 7.80. The number of esters is 1. The number of nitrogens with one attached hydrogen (secondary N) is 2. The van der Waals surface area contributed by atoms with Gasteiger partial charge < -0.3 is 15.4 Å². The second kappa shape index (κ2) is 8.85. The van der Waals surface area contributed by atoms with Crippen LogP contribution in [0.5, 0.6) is 0 Å². The van der Waals surface area contributed by atoms with Gasteiger partial charge in [-0.15, -0.1) is 11.3 Å². The lowest BCUT2D eigenvalue weighted by Crippen LogP contribution is -2.21. The van der Waals surface area contributed by atoms with Crippen molar-refractivity contribution < 1.29 is 9.53 Å². The summed E-state index contributed by atoms with van der Waals surface area (Å²) in [4.78, 5) is 13.8. The molecule has 0 aliphatic heterocycles. The monoisotopic (exact) mass is 402 g/mol. The van der Waals surface area contributed by atoms with Gasteiger partial charge in [-0.05, 0) is 68.4 Å². The molecule has 1 aliphatic carbocycles. The van der Waals surface area contributed by atoms with Crippen molar-refractivity contribution in [1.82, 2.24) is 0 Å². The molecule has 0 radical (unpaired) electrons. The number of methoxy groups -OCH3 is 1. The number of ether oxygens (including phenoxy) is 1. The summed E-state index contributed by atoms with van der Waals surface area (Å²) in [6, 6.07) is 6.13. The number of thiophene rings is 1. The second-order valence-electron chi connectivity index (χ2n) is 6.96. The molecular formula is C21H26N2O2S2. The highest BCUT2D eigenvalue weighted by Crippen LogP contribution is 2.37. The summed E-state index contributed by atoms with van der Waals surface area (Å²) in [6.07, 6.45) is 6.68. The molecule has 2 aromatic rings. The van der Waals surface area contributed by atoms with Gasteiger partial charge in [0.05, 0.1) is 12.7 Å². The van der Waals surface area contributed by atoms with Crippen molar-refractivity contribution in [3.63, 3.8) is 0 Å².